The Hall–Kier alpha value is -2.08. The smallest absolute Gasteiger partial charge is 0.238 e. The molecule has 0 radical (unpaired) electrons. The Kier molecular flexibility index (Phi) is 6.37. The van der Waals surface area contributed by atoms with Crippen LogP contribution >= 0.6 is 0 Å². The lowest BCUT2D eigenvalue weighted by molar-refractivity contribution is -0.124. The van der Waals surface area contributed by atoms with Crippen molar-refractivity contribution in [1.29, 1.82) is 0 Å². The molecule has 0 fully saturated rings. The Labute approximate surface area is 131 Å². The number of ether oxygens (including phenoxy) is 1. The van der Waals surface area contributed by atoms with E-state index >= 15 is 0 Å². The molecule has 1 rings (SSSR count). The maximum absolute atomic E-state index is 12.0. The number of benzene rings is 1. The van der Waals surface area contributed by atoms with Crippen LogP contribution in [0.1, 0.15) is 20.8 Å². The van der Waals surface area contributed by atoms with Gasteiger partial charge in [0.25, 0.3) is 0 Å². The zero-order chi connectivity index (χ0) is 16.8. The monoisotopic (exact) mass is 307 g/mol. The second-order valence-corrected chi connectivity index (χ2v) is 6.25. The van der Waals surface area contributed by atoms with Gasteiger partial charge in [0.05, 0.1) is 20.2 Å². The maximum atomic E-state index is 12.0. The van der Waals surface area contributed by atoms with Crippen molar-refractivity contribution in [3.05, 3.63) is 24.3 Å². The van der Waals surface area contributed by atoms with Crippen LogP contribution in [0.15, 0.2) is 24.3 Å². The predicted octanol–water partition coefficient (Wildman–Crippen LogP) is 1.48. The molecule has 0 unspecified atom stereocenters. The van der Waals surface area contributed by atoms with Gasteiger partial charge in [-0.3, -0.25) is 14.5 Å². The lowest BCUT2D eigenvalue weighted by Crippen LogP contribution is -2.46. The molecule has 0 aliphatic carbocycles. The first kappa shape index (κ1) is 18.0. The van der Waals surface area contributed by atoms with Gasteiger partial charge in [0.15, 0.2) is 0 Å². The van der Waals surface area contributed by atoms with Gasteiger partial charge in [-0.05, 0) is 40.0 Å². The summed E-state index contributed by atoms with van der Waals surface area (Å²) in [7, 11) is 3.30. The third kappa shape index (κ3) is 7.08. The van der Waals surface area contributed by atoms with Crippen molar-refractivity contribution < 1.29 is 14.3 Å². The summed E-state index contributed by atoms with van der Waals surface area (Å²) in [6.07, 6.45) is 0. The minimum absolute atomic E-state index is 0.107. The van der Waals surface area contributed by atoms with Crippen LogP contribution in [0.2, 0.25) is 0 Å². The van der Waals surface area contributed by atoms with E-state index in [-0.39, 0.29) is 30.4 Å². The van der Waals surface area contributed by atoms with Crippen LogP contribution in [0.4, 0.5) is 5.69 Å². The summed E-state index contributed by atoms with van der Waals surface area (Å²) >= 11 is 0. The maximum Gasteiger partial charge on any atom is 0.238 e. The van der Waals surface area contributed by atoms with Gasteiger partial charge in [0, 0.05) is 17.3 Å². The molecule has 2 amide bonds. The molecule has 0 saturated carbocycles. The van der Waals surface area contributed by atoms with E-state index in [2.05, 4.69) is 10.6 Å². The number of methoxy groups -OCH3 is 1. The zero-order valence-corrected chi connectivity index (χ0v) is 13.9. The molecule has 122 valence electrons. The largest absolute Gasteiger partial charge is 0.497 e. The molecule has 1 aromatic rings. The number of hydrogen-bond acceptors (Lipinski definition) is 4. The highest BCUT2D eigenvalue weighted by Crippen LogP contribution is 2.16. The van der Waals surface area contributed by atoms with Crippen molar-refractivity contribution in [2.24, 2.45) is 0 Å². The number of carbonyl (C=O) groups is 2. The quantitative estimate of drug-likeness (QED) is 0.835. The number of anilines is 1. The van der Waals surface area contributed by atoms with Crippen LogP contribution in [0.5, 0.6) is 5.75 Å². The first-order valence-electron chi connectivity index (χ1n) is 7.13. The molecular weight excluding hydrogens is 282 g/mol. The van der Waals surface area contributed by atoms with E-state index in [9.17, 15) is 9.59 Å². The Bertz CT molecular complexity index is 524. The Morgan fingerprint density at radius 1 is 1.18 bits per heavy atom. The Morgan fingerprint density at radius 2 is 1.82 bits per heavy atom. The number of amides is 2. The van der Waals surface area contributed by atoms with Gasteiger partial charge >= 0.3 is 0 Å². The molecule has 0 spiro atoms. The first-order valence-corrected chi connectivity index (χ1v) is 7.13. The highest BCUT2D eigenvalue weighted by molar-refractivity contribution is 5.92. The molecule has 22 heavy (non-hydrogen) atoms. The van der Waals surface area contributed by atoms with Crippen LogP contribution in [-0.2, 0) is 9.59 Å². The third-order valence-corrected chi connectivity index (χ3v) is 2.69. The SMILES string of the molecule is COc1cccc(NC(=O)CN(C)CC(=O)NC(C)(C)C)c1. The van der Waals surface area contributed by atoms with Crippen LogP contribution in [0, 0.1) is 0 Å². The molecule has 0 bridgehead atoms. The predicted molar refractivity (Wildman–Crippen MR) is 87.0 cm³/mol. The second-order valence-electron chi connectivity index (χ2n) is 6.25. The zero-order valence-electron chi connectivity index (χ0n) is 13.9. The fourth-order valence-corrected chi connectivity index (χ4v) is 1.91. The van der Waals surface area contributed by atoms with Crippen LogP contribution < -0.4 is 15.4 Å². The lowest BCUT2D eigenvalue weighted by Gasteiger charge is -2.23. The summed E-state index contributed by atoms with van der Waals surface area (Å²) in [5.74, 6) is 0.388. The second kappa shape index (κ2) is 7.79. The van der Waals surface area contributed by atoms with Gasteiger partial charge in [-0.15, -0.1) is 0 Å². The van der Waals surface area contributed by atoms with Crippen LogP contribution in [0.25, 0.3) is 0 Å². The molecule has 0 saturated heterocycles. The van der Waals surface area contributed by atoms with Crippen molar-refractivity contribution in [3.8, 4) is 5.75 Å². The molecule has 0 aliphatic rings. The number of likely N-dealkylation sites (N-methyl/N-ethyl adjacent to an activating group) is 1. The Balaban J connectivity index is 2.45. The summed E-state index contributed by atoms with van der Waals surface area (Å²) in [5.41, 5.74) is 0.387. The molecule has 2 N–H and O–H groups in total. The van der Waals surface area contributed by atoms with E-state index < -0.39 is 0 Å². The highest BCUT2D eigenvalue weighted by Gasteiger charge is 2.16. The van der Waals surface area contributed by atoms with Gasteiger partial charge in [0.1, 0.15) is 5.75 Å². The minimum atomic E-state index is -0.277. The van der Waals surface area contributed by atoms with E-state index in [4.69, 9.17) is 4.74 Å². The summed E-state index contributed by atoms with van der Waals surface area (Å²) in [5, 5.41) is 5.64. The topological polar surface area (TPSA) is 70.7 Å². The van der Waals surface area contributed by atoms with Crippen molar-refractivity contribution in [1.82, 2.24) is 10.2 Å². The summed E-state index contributed by atoms with van der Waals surface area (Å²) in [6, 6.07) is 7.13. The standard InChI is InChI=1S/C16H25N3O3/c1-16(2,3)18-15(21)11-19(4)10-14(20)17-12-7-6-8-13(9-12)22-5/h6-9H,10-11H2,1-5H3,(H,17,20)(H,18,21). The first-order chi connectivity index (χ1) is 10.2. The van der Waals surface area contributed by atoms with Crippen LogP contribution in [-0.4, -0.2) is 49.5 Å². The lowest BCUT2D eigenvalue weighted by atomic mass is 10.1. The van der Waals surface area contributed by atoms with E-state index in [1.165, 1.54) is 0 Å². The van der Waals surface area contributed by atoms with Gasteiger partial charge < -0.3 is 15.4 Å². The highest BCUT2D eigenvalue weighted by atomic mass is 16.5. The fraction of sp³-hybridized carbons (Fsp3) is 0.500. The van der Waals surface area contributed by atoms with Crippen molar-refractivity contribution in [3.63, 3.8) is 0 Å². The van der Waals surface area contributed by atoms with E-state index in [1.807, 2.05) is 20.8 Å². The molecule has 0 aromatic heterocycles. The molecule has 0 heterocycles. The van der Waals surface area contributed by atoms with E-state index in [1.54, 1.807) is 43.3 Å². The van der Waals surface area contributed by atoms with Crippen molar-refractivity contribution >= 4 is 17.5 Å². The van der Waals surface area contributed by atoms with E-state index in [0.717, 1.165) is 0 Å². The van der Waals surface area contributed by atoms with Crippen molar-refractivity contribution in [2.75, 3.05) is 32.6 Å². The summed E-state index contributed by atoms with van der Waals surface area (Å²) in [4.78, 5) is 25.4. The average Bonchev–Trinajstić information content (AvgIpc) is 2.35. The number of carbonyl (C=O) groups excluding carboxylic acids is 2. The average molecular weight is 307 g/mol. The normalized spacial score (nSPS) is 11.2. The third-order valence-electron chi connectivity index (χ3n) is 2.69. The van der Waals surface area contributed by atoms with Gasteiger partial charge in [0.2, 0.25) is 11.8 Å². The van der Waals surface area contributed by atoms with Gasteiger partial charge in [-0.25, -0.2) is 0 Å². The number of hydrogen-bond donors (Lipinski definition) is 2. The van der Waals surface area contributed by atoms with Crippen molar-refractivity contribution in [2.45, 2.75) is 26.3 Å². The minimum Gasteiger partial charge on any atom is -0.497 e. The summed E-state index contributed by atoms with van der Waals surface area (Å²) < 4.78 is 5.10. The molecule has 6 heteroatoms. The molecular formula is C16H25N3O3. The number of nitrogens with zero attached hydrogens (tertiary/aromatic N) is 1. The van der Waals surface area contributed by atoms with E-state index in [0.29, 0.717) is 11.4 Å². The Morgan fingerprint density at radius 3 is 2.41 bits per heavy atom. The summed E-state index contributed by atoms with van der Waals surface area (Å²) in [6.45, 7) is 6.05. The fourth-order valence-electron chi connectivity index (χ4n) is 1.91. The molecule has 1 aromatic carbocycles. The van der Waals surface area contributed by atoms with Gasteiger partial charge in [-0.1, -0.05) is 6.07 Å². The van der Waals surface area contributed by atoms with Gasteiger partial charge in [-0.2, -0.15) is 0 Å². The molecule has 6 nitrogen and oxygen atoms in total. The molecule has 0 aliphatic heterocycles. The molecule has 0 atom stereocenters. The van der Waals surface area contributed by atoms with Crippen LogP contribution in [0.3, 0.4) is 0 Å². The number of nitrogens with one attached hydrogen (secondary N) is 2. The number of rotatable bonds is 6.